The second kappa shape index (κ2) is 7.58. The van der Waals surface area contributed by atoms with E-state index in [1.807, 2.05) is 0 Å². The molecule has 2 N–H and O–H groups in total. The van der Waals surface area contributed by atoms with Crippen molar-refractivity contribution in [3.05, 3.63) is 27.8 Å². The summed E-state index contributed by atoms with van der Waals surface area (Å²) < 4.78 is 16.6. The second-order valence-electron chi connectivity index (χ2n) is 6.91. The van der Waals surface area contributed by atoms with Crippen molar-refractivity contribution in [2.45, 2.75) is 50.5 Å². The molecular weight excluding hydrogens is 326 g/mol. The van der Waals surface area contributed by atoms with Gasteiger partial charge in [0.2, 0.25) is 17.1 Å². The molecule has 2 aliphatic heterocycles. The third-order valence-electron chi connectivity index (χ3n) is 5.03. The highest BCUT2D eigenvalue weighted by Crippen LogP contribution is 2.41. The smallest absolute Gasteiger partial charge is 0.227 e. The zero-order chi connectivity index (χ0) is 17.9. The highest BCUT2D eigenvalue weighted by atomic mass is 16.5. The fraction of sp³-hybridized carbons (Fsp3) is 0.667. The van der Waals surface area contributed by atoms with Crippen LogP contribution in [0.4, 0.5) is 0 Å². The summed E-state index contributed by atoms with van der Waals surface area (Å²) in [5, 5.41) is 13.2. The molecule has 0 aliphatic carbocycles. The van der Waals surface area contributed by atoms with Crippen molar-refractivity contribution in [3.8, 4) is 5.75 Å². The Morgan fingerprint density at radius 1 is 1.36 bits per heavy atom. The molecule has 0 spiro atoms. The lowest BCUT2D eigenvalue weighted by atomic mass is 9.74. The van der Waals surface area contributed by atoms with Crippen molar-refractivity contribution >= 4 is 5.91 Å². The van der Waals surface area contributed by atoms with Gasteiger partial charge in [-0.1, -0.05) is 0 Å². The number of hydrogen-bond donors (Lipinski definition) is 2. The molecule has 0 saturated carbocycles. The van der Waals surface area contributed by atoms with Crippen LogP contribution in [0.15, 0.2) is 15.3 Å². The molecule has 1 unspecified atom stereocenters. The summed E-state index contributed by atoms with van der Waals surface area (Å²) in [4.78, 5) is 24.5. The van der Waals surface area contributed by atoms with Crippen LogP contribution in [0.3, 0.4) is 0 Å². The van der Waals surface area contributed by atoms with Gasteiger partial charge in [-0.05, 0) is 32.6 Å². The second-order valence-corrected chi connectivity index (χ2v) is 6.91. The van der Waals surface area contributed by atoms with E-state index in [9.17, 15) is 14.7 Å². The van der Waals surface area contributed by atoms with E-state index in [-0.39, 0.29) is 24.2 Å². The number of aromatic hydroxyl groups is 1. The average Bonchev–Trinajstić information content (AvgIpc) is 3.10. The molecule has 1 aromatic heterocycles. The number of nitrogens with one attached hydrogen (secondary N) is 1. The lowest BCUT2D eigenvalue weighted by molar-refractivity contribution is -0.124. The van der Waals surface area contributed by atoms with Gasteiger partial charge in [0.25, 0.3) is 0 Å². The molecule has 3 heterocycles. The first-order valence-electron chi connectivity index (χ1n) is 8.80. The first-order chi connectivity index (χ1) is 12.0. The maximum Gasteiger partial charge on any atom is 0.227 e. The molecule has 2 aliphatic rings. The minimum Gasteiger partial charge on any atom is -0.502 e. The number of hydrogen-bond acceptors (Lipinski definition) is 6. The van der Waals surface area contributed by atoms with Crippen molar-refractivity contribution in [1.82, 2.24) is 5.32 Å². The summed E-state index contributed by atoms with van der Waals surface area (Å²) >= 11 is 0. The van der Waals surface area contributed by atoms with Crippen LogP contribution in [0.2, 0.25) is 0 Å². The van der Waals surface area contributed by atoms with Crippen molar-refractivity contribution in [3.63, 3.8) is 0 Å². The normalized spacial score (nSPS) is 22.7. The number of rotatable bonds is 5. The van der Waals surface area contributed by atoms with E-state index >= 15 is 0 Å². The maximum atomic E-state index is 12.5. The molecule has 7 nitrogen and oxygen atoms in total. The van der Waals surface area contributed by atoms with Gasteiger partial charge in [0.05, 0.1) is 6.10 Å². The molecule has 0 bridgehead atoms. The number of carbonyl (C=O) groups is 1. The van der Waals surface area contributed by atoms with E-state index in [1.54, 1.807) is 6.92 Å². The highest BCUT2D eigenvalue weighted by Gasteiger charge is 2.42. The average molecular weight is 351 g/mol. The number of amides is 1. The van der Waals surface area contributed by atoms with Crippen molar-refractivity contribution in [2.75, 3.05) is 26.4 Å². The van der Waals surface area contributed by atoms with Gasteiger partial charge in [-0.15, -0.1) is 0 Å². The van der Waals surface area contributed by atoms with Crippen LogP contribution in [0.5, 0.6) is 5.75 Å². The molecule has 7 heteroatoms. The molecule has 25 heavy (non-hydrogen) atoms. The van der Waals surface area contributed by atoms with Crippen molar-refractivity contribution < 1.29 is 23.8 Å². The van der Waals surface area contributed by atoms with E-state index in [0.717, 1.165) is 19.4 Å². The summed E-state index contributed by atoms with van der Waals surface area (Å²) in [6.07, 6.45) is 3.21. The van der Waals surface area contributed by atoms with Gasteiger partial charge < -0.3 is 24.3 Å². The third kappa shape index (κ3) is 4.04. The zero-order valence-corrected chi connectivity index (χ0v) is 14.5. The molecule has 1 amide bonds. The van der Waals surface area contributed by atoms with E-state index in [0.29, 0.717) is 38.4 Å². The first kappa shape index (κ1) is 17.9. The van der Waals surface area contributed by atoms with Crippen LogP contribution in [-0.2, 0) is 19.7 Å². The van der Waals surface area contributed by atoms with Crippen LogP contribution >= 0.6 is 0 Å². The standard InChI is InChI=1S/C18H25NO6/c1-12-9-14(20)16(22)17(25-12)18(4-7-23-8-5-18)10-15(21)19-11-13-3-2-6-24-13/h9,13,22H,2-8,10-11H2,1H3,(H,19,21). The van der Waals surface area contributed by atoms with E-state index in [2.05, 4.69) is 5.32 Å². The van der Waals surface area contributed by atoms with E-state index in [4.69, 9.17) is 13.9 Å². The summed E-state index contributed by atoms with van der Waals surface area (Å²) in [7, 11) is 0. The molecule has 2 saturated heterocycles. The molecule has 2 fully saturated rings. The maximum absolute atomic E-state index is 12.5. The van der Waals surface area contributed by atoms with Crippen LogP contribution in [-0.4, -0.2) is 43.5 Å². The molecular formula is C18H25NO6. The summed E-state index contributed by atoms with van der Waals surface area (Å²) in [6, 6.07) is 1.25. The zero-order valence-electron chi connectivity index (χ0n) is 14.5. The third-order valence-corrected chi connectivity index (χ3v) is 5.03. The van der Waals surface area contributed by atoms with Crippen molar-refractivity contribution in [2.24, 2.45) is 0 Å². The van der Waals surface area contributed by atoms with Crippen LogP contribution in [0.1, 0.15) is 43.6 Å². The topological polar surface area (TPSA) is 98.0 Å². The molecule has 1 atom stereocenters. The molecule has 1 aromatic rings. The Bertz CT molecular complexity index is 671. The summed E-state index contributed by atoms with van der Waals surface area (Å²) in [5.74, 6) is 0.0804. The fourth-order valence-corrected chi connectivity index (χ4v) is 3.61. The van der Waals surface area contributed by atoms with Gasteiger partial charge in [0.15, 0.2) is 5.76 Å². The van der Waals surface area contributed by atoms with E-state index < -0.39 is 16.6 Å². The predicted molar refractivity (Wildman–Crippen MR) is 89.7 cm³/mol. The number of aryl methyl sites for hydroxylation is 1. The Balaban J connectivity index is 1.79. The Labute approximate surface area is 146 Å². The monoisotopic (exact) mass is 351 g/mol. The fourth-order valence-electron chi connectivity index (χ4n) is 3.61. The minimum absolute atomic E-state index is 0.0693. The summed E-state index contributed by atoms with van der Waals surface area (Å²) in [5.41, 5.74) is -1.21. The largest absolute Gasteiger partial charge is 0.502 e. The van der Waals surface area contributed by atoms with Crippen LogP contribution < -0.4 is 10.7 Å². The van der Waals surface area contributed by atoms with Gasteiger partial charge >= 0.3 is 0 Å². The molecule has 138 valence electrons. The predicted octanol–water partition coefficient (Wildman–Crippen LogP) is 1.39. The van der Waals surface area contributed by atoms with Crippen LogP contribution in [0.25, 0.3) is 0 Å². The Hall–Kier alpha value is -1.86. The van der Waals surface area contributed by atoms with Gasteiger partial charge in [-0.3, -0.25) is 9.59 Å². The Kier molecular flexibility index (Phi) is 5.44. The Morgan fingerprint density at radius 3 is 2.80 bits per heavy atom. The molecule has 3 rings (SSSR count). The first-order valence-corrected chi connectivity index (χ1v) is 8.80. The lowest BCUT2D eigenvalue weighted by Crippen LogP contribution is -2.41. The van der Waals surface area contributed by atoms with Crippen molar-refractivity contribution in [1.29, 1.82) is 0 Å². The highest BCUT2D eigenvalue weighted by molar-refractivity contribution is 5.77. The SMILES string of the molecule is Cc1cc(=O)c(O)c(C2(CC(=O)NCC3CCCO3)CCOCC2)o1. The lowest BCUT2D eigenvalue weighted by Gasteiger charge is -2.36. The van der Waals surface area contributed by atoms with Gasteiger partial charge in [-0.25, -0.2) is 0 Å². The van der Waals surface area contributed by atoms with Crippen LogP contribution in [0, 0.1) is 6.92 Å². The van der Waals surface area contributed by atoms with Gasteiger partial charge in [0.1, 0.15) is 5.76 Å². The quantitative estimate of drug-likeness (QED) is 0.832. The summed E-state index contributed by atoms with van der Waals surface area (Å²) in [6.45, 7) is 3.79. The molecule has 0 aromatic carbocycles. The van der Waals surface area contributed by atoms with Gasteiger partial charge in [-0.2, -0.15) is 0 Å². The Morgan fingerprint density at radius 2 is 2.12 bits per heavy atom. The minimum atomic E-state index is -0.728. The number of ether oxygens (including phenoxy) is 2. The molecule has 0 radical (unpaired) electrons. The van der Waals surface area contributed by atoms with Gasteiger partial charge in [0, 0.05) is 44.3 Å². The number of carbonyl (C=O) groups excluding carboxylic acids is 1. The van der Waals surface area contributed by atoms with E-state index in [1.165, 1.54) is 6.07 Å².